The molecule has 0 aromatic carbocycles. The molecule has 0 aliphatic carbocycles. The van der Waals surface area contributed by atoms with Crippen molar-refractivity contribution in [2.75, 3.05) is 25.5 Å². The first kappa shape index (κ1) is 22.0. The number of nitrogens with two attached hydrogens (primary N) is 1. The van der Waals surface area contributed by atoms with Crippen molar-refractivity contribution in [1.29, 1.82) is 5.26 Å². The van der Waals surface area contributed by atoms with Crippen LogP contribution in [-0.2, 0) is 15.0 Å². The first-order chi connectivity index (χ1) is 13.5. The molecule has 11 nitrogen and oxygen atoms in total. The van der Waals surface area contributed by atoms with Crippen molar-refractivity contribution in [1.82, 2.24) is 14.7 Å². The second-order valence-corrected chi connectivity index (χ2v) is 7.84. The monoisotopic (exact) mass is 406 g/mol. The largest absolute Gasteiger partial charge is 0.453 e. The maximum atomic E-state index is 12.3. The first-order valence-electron chi connectivity index (χ1n) is 9.11. The quantitative estimate of drug-likeness (QED) is 0.773. The van der Waals surface area contributed by atoms with Crippen molar-refractivity contribution >= 4 is 23.9 Å². The number of likely N-dealkylation sites (tertiary alicyclic amines) is 1. The fourth-order valence-electron chi connectivity index (χ4n) is 3.10. The molecule has 3 N–H and O–H groups in total. The van der Waals surface area contributed by atoms with Gasteiger partial charge in [-0.3, -0.25) is 14.8 Å². The van der Waals surface area contributed by atoms with Crippen LogP contribution in [0, 0.1) is 11.3 Å². The molecule has 1 aromatic heterocycles. The molecule has 158 valence electrons. The summed E-state index contributed by atoms with van der Waals surface area (Å²) in [7, 11) is 1.18. The Kier molecular flexibility index (Phi) is 6.36. The zero-order chi connectivity index (χ0) is 21.8. The lowest BCUT2D eigenvalue weighted by atomic mass is 9.85. The van der Waals surface area contributed by atoms with Gasteiger partial charge in [0.05, 0.1) is 25.1 Å². The highest BCUT2D eigenvalue weighted by Gasteiger charge is 2.40. The normalized spacial score (nSPS) is 15.9. The minimum atomic E-state index is -0.799. The van der Waals surface area contributed by atoms with Gasteiger partial charge in [0.1, 0.15) is 11.2 Å². The number of anilines is 1. The standard InChI is InChI=1S/C18H26N6O5/c1-17(2,3)29-16(27)23-9-6-18(5-8-19,7-10-23)24-11-12(13(20)25)14(22-24)21-15(26)28-4/h11H,5-7,9-10H2,1-4H3,(H2,20,25)(H,21,22,26). The molecule has 0 atom stereocenters. The predicted octanol–water partition coefficient (Wildman–Crippen LogP) is 1.80. The number of primary amides is 1. The number of piperidine rings is 1. The third-order valence-electron chi connectivity index (χ3n) is 4.63. The number of rotatable bonds is 4. The molecular weight excluding hydrogens is 380 g/mol. The van der Waals surface area contributed by atoms with Crippen LogP contribution in [0.1, 0.15) is 50.4 Å². The fraction of sp³-hybridized carbons (Fsp3) is 0.611. The lowest BCUT2D eigenvalue weighted by molar-refractivity contribution is 0.0105. The van der Waals surface area contributed by atoms with Crippen LogP contribution in [0.25, 0.3) is 0 Å². The van der Waals surface area contributed by atoms with E-state index in [1.807, 2.05) is 0 Å². The molecule has 0 bridgehead atoms. The summed E-state index contributed by atoms with van der Waals surface area (Å²) >= 11 is 0. The summed E-state index contributed by atoms with van der Waals surface area (Å²) in [4.78, 5) is 37.2. The van der Waals surface area contributed by atoms with Crippen LogP contribution in [0.5, 0.6) is 0 Å². The average Bonchev–Trinajstić information content (AvgIpc) is 3.05. The molecule has 1 aliphatic heterocycles. The minimum absolute atomic E-state index is 0.00212. The fourth-order valence-corrected chi connectivity index (χ4v) is 3.10. The Bertz CT molecular complexity index is 827. The van der Waals surface area contributed by atoms with Crippen molar-refractivity contribution < 1.29 is 23.9 Å². The lowest BCUT2D eigenvalue weighted by Gasteiger charge is -2.40. The Balaban J connectivity index is 2.27. The van der Waals surface area contributed by atoms with E-state index in [4.69, 9.17) is 10.5 Å². The molecule has 3 amide bonds. The average molecular weight is 406 g/mol. The van der Waals surface area contributed by atoms with Gasteiger partial charge in [-0.15, -0.1) is 0 Å². The van der Waals surface area contributed by atoms with Crippen LogP contribution >= 0.6 is 0 Å². The Labute approximate surface area is 168 Å². The molecule has 29 heavy (non-hydrogen) atoms. The van der Waals surface area contributed by atoms with Crippen LogP contribution in [0.15, 0.2) is 6.20 Å². The van der Waals surface area contributed by atoms with E-state index in [-0.39, 0.29) is 17.8 Å². The third-order valence-corrected chi connectivity index (χ3v) is 4.63. The second-order valence-electron chi connectivity index (χ2n) is 7.84. The number of hydrogen-bond acceptors (Lipinski definition) is 7. The number of nitrogens with zero attached hydrogens (tertiary/aromatic N) is 4. The SMILES string of the molecule is COC(=O)Nc1nn(C2(CC#N)CCN(C(=O)OC(C)(C)C)CC2)cc1C(N)=O. The van der Waals surface area contributed by atoms with E-state index >= 15 is 0 Å². The van der Waals surface area contributed by atoms with E-state index in [1.165, 1.54) is 18.0 Å². The molecule has 0 radical (unpaired) electrons. The molecule has 1 aromatic rings. The molecule has 2 rings (SSSR count). The smallest absolute Gasteiger partial charge is 0.412 e. The molecule has 2 heterocycles. The number of ether oxygens (including phenoxy) is 2. The first-order valence-corrected chi connectivity index (χ1v) is 9.11. The zero-order valence-electron chi connectivity index (χ0n) is 17.0. The number of carbonyl (C=O) groups is 3. The van der Waals surface area contributed by atoms with Gasteiger partial charge in [0.15, 0.2) is 5.82 Å². The van der Waals surface area contributed by atoms with Gasteiger partial charge >= 0.3 is 12.2 Å². The maximum absolute atomic E-state index is 12.3. The third kappa shape index (κ3) is 5.16. The van der Waals surface area contributed by atoms with Gasteiger partial charge in [0.2, 0.25) is 0 Å². The number of aromatic nitrogens is 2. The van der Waals surface area contributed by atoms with Crippen molar-refractivity contribution in [3.05, 3.63) is 11.8 Å². The molecule has 11 heteroatoms. The number of nitriles is 1. The highest BCUT2D eigenvalue weighted by molar-refractivity contribution is 6.00. The van der Waals surface area contributed by atoms with E-state index < -0.39 is 29.2 Å². The molecule has 1 saturated heterocycles. The predicted molar refractivity (Wildman–Crippen MR) is 102 cm³/mol. The molecule has 0 spiro atoms. The summed E-state index contributed by atoms with van der Waals surface area (Å²) in [6.07, 6.45) is 1.12. The minimum Gasteiger partial charge on any atom is -0.453 e. The van der Waals surface area contributed by atoms with Crippen LogP contribution in [0.3, 0.4) is 0 Å². The Morgan fingerprint density at radius 3 is 2.45 bits per heavy atom. The lowest BCUT2D eigenvalue weighted by Crippen LogP contribution is -2.49. The Morgan fingerprint density at radius 2 is 1.97 bits per heavy atom. The number of nitrogens with one attached hydrogen (secondary N) is 1. The van der Waals surface area contributed by atoms with E-state index in [1.54, 1.807) is 25.7 Å². The number of carbonyl (C=O) groups excluding carboxylic acids is 3. The van der Waals surface area contributed by atoms with Crippen LogP contribution in [0.2, 0.25) is 0 Å². The molecular formula is C18H26N6O5. The van der Waals surface area contributed by atoms with Gasteiger partial charge in [-0.2, -0.15) is 10.4 Å². The topological polar surface area (TPSA) is 153 Å². The Morgan fingerprint density at radius 1 is 1.34 bits per heavy atom. The van der Waals surface area contributed by atoms with Gasteiger partial charge in [-0.1, -0.05) is 0 Å². The summed E-state index contributed by atoms with van der Waals surface area (Å²) < 4.78 is 11.4. The van der Waals surface area contributed by atoms with E-state index in [0.29, 0.717) is 25.9 Å². The van der Waals surface area contributed by atoms with Crippen molar-refractivity contribution in [3.8, 4) is 6.07 Å². The molecule has 0 saturated carbocycles. The highest BCUT2D eigenvalue weighted by Crippen LogP contribution is 2.35. The van der Waals surface area contributed by atoms with Gasteiger partial charge < -0.3 is 20.1 Å². The zero-order valence-corrected chi connectivity index (χ0v) is 17.0. The van der Waals surface area contributed by atoms with Crippen molar-refractivity contribution in [3.63, 3.8) is 0 Å². The summed E-state index contributed by atoms with van der Waals surface area (Å²) in [5.41, 5.74) is 4.03. The number of amides is 3. The number of methoxy groups -OCH3 is 1. The summed E-state index contributed by atoms with van der Waals surface area (Å²) in [5, 5.41) is 16.0. The Hall–Kier alpha value is -3.29. The summed E-state index contributed by atoms with van der Waals surface area (Å²) in [5.74, 6) is -0.822. The van der Waals surface area contributed by atoms with Gasteiger partial charge in [-0.05, 0) is 33.6 Å². The second kappa shape index (κ2) is 8.38. The van der Waals surface area contributed by atoms with Crippen LogP contribution < -0.4 is 11.1 Å². The van der Waals surface area contributed by atoms with E-state index in [2.05, 4.69) is 21.2 Å². The molecule has 1 aliphatic rings. The van der Waals surface area contributed by atoms with Crippen LogP contribution in [-0.4, -0.2) is 58.6 Å². The van der Waals surface area contributed by atoms with Crippen molar-refractivity contribution in [2.45, 2.75) is 51.2 Å². The van der Waals surface area contributed by atoms with E-state index in [0.717, 1.165) is 0 Å². The van der Waals surface area contributed by atoms with Crippen molar-refractivity contribution in [2.24, 2.45) is 5.73 Å². The van der Waals surface area contributed by atoms with Crippen LogP contribution in [0.4, 0.5) is 15.4 Å². The van der Waals surface area contributed by atoms with E-state index in [9.17, 15) is 19.6 Å². The van der Waals surface area contributed by atoms with Gasteiger partial charge in [-0.25, -0.2) is 9.59 Å². The maximum Gasteiger partial charge on any atom is 0.412 e. The number of hydrogen-bond donors (Lipinski definition) is 2. The summed E-state index contributed by atoms with van der Waals surface area (Å²) in [6.45, 7) is 6.07. The van der Waals surface area contributed by atoms with Gasteiger partial charge in [0.25, 0.3) is 5.91 Å². The van der Waals surface area contributed by atoms with Gasteiger partial charge in [0, 0.05) is 19.3 Å². The molecule has 0 unspecified atom stereocenters. The summed E-state index contributed by atoms with van der Waals surface area (Å²) in [6, 6.07) is 2.15. The molecule has 1 fully saturated rings. The highest BCUT2D eigenvalue weighted by atomic mass is 16.6.